The molecule has 0 atom stereocenters. The molecule has 1 aliphatic rings. The Kier molecular flexibility index (Phi) is 6.70. The molecule has 0 unspecified atom stereocenters. The number of nitrogens with one attached hydrogen (secondary N) is 3. The fourth-order valence-electron chi connectivity index (χ4n) is 2.72. The van der Waals surface area contributed by atoms with Crippen LogP contribution in [0, 0.1) is 24.4 Å². The Morgan fingerprint density at radius 2 is 1.90 bits per heavy atom. The zero-order valence-electron chi connectivity index (χ0n) is 15.8. The average Bonchev–Trinajstić information content (AvgIpc) is 2.72. The van der Waals surface area contributed by atoms with Crippen LogP contribution in [-0.2, 0) is 4.74 Å². The number of benzene rings is 1. The molecular formula is C18H21F3N6O2. The molecule has 8 nitrogen and oxygen atoms in total. The zero-order valence-corrected chi connectivity index (χ0v) is 15.8. The molecular weight excluding hydrogens is 389 g/mol. The number of anilines is 3. The molecule has 1 aromatic heterocycles. The van der Waals surface area contributed by atoms with Gasteiger partial charge in [0.1, 0.15) is 5.82 Å². The van der Waals surface area contributed by atoms with Crippen LogP contribution >= 0.6 is 0 Å². The van der Waals surface area contributed by atoms with Crippen LogP contribution in [0.1, 0.15) is 5.69 Å². The molecule has 0 aliphatic carbocycles. The summed E-state index contributed by atoms with van der Waals surface area (Å²) in [4.78, 5) is 22.7. The van der Waals surface area contributed by atoms with Crippen LogP contribution in [0.4, 0.5) is 35.4 Å². The molecule has 1 fully saturated rings. The van der Waals surface area contributed by atoms with Gasteiger partial charge in [0, 0.05) is 37.9 Å². The van der Waals surface area contributed by atoms with Crippen LogP contribution in [0.5, 0.6) is 0 Å². The van der Waals surface area contributed by atoms with Gasteiger partial charge in [0.25, 0.3) is 0 Å². The Morgan fingerprint density at radius 3 is 2.66 bits per heavy atom. The number of morpholine rings is 1. The molecule has 2 amide bonds. The van der Waals surface area contributed by atoms with Gasteiger partial charge in [0.15, 0.2) is 17.5 Å². The van der Waals surface area contributed by atoms with E-state index in [4.69, 9.17) is 4.74 Å². The summed E-state index contributed by atoms with van der Waals surface area (Å²) in [5, 5.41) is 7.61. The third-order valence-corrected chi connectivity index (χ3v) is 4.15. The van der Waals surface area contributed by atoms with Crippen LogP contribution in [0.2, 0.25) is 0 Å². The Hall–Kier alpha value is -3.08. The third kappa shape index (κ3) is 5.47. The van der Waals surface area contributed by atoms with E-state index < -0.39 is 29.2 Å². The number of carbonyl (C=O) groups is 1. The molecule has 29 heavy (non-hydrogen) atoms. The molecule has 1 aliphatic heterocycles. The summed E-state index contributed by atoms with van der Waals surface area (Å²) in [7, 11) is 0. The van der Waals surface area contributed by atoms with Crippen LogP contribution in [-0.4, -0.2) is 55.4 Å². The number of halogens is 3. The molecule has 11 heteroatoms. The lowest BCUT2D eigenvalue weighted by Crippen LogP contribution is -2.37. The maximum absolute atomic E-state index is 13.6. The second-order valence-electron chi connectivity index (χ2n) is 6.32. The van der Waals surface area contributed by atoms with Crippen molar-refractivity contribution in [2.45, 2.75) is 6.92 Å². The van der Waals surface area contributed by atoms with Gasteiger partial charge in [-0.25, -0.2) is 22.9 Å². The summed E-state index contributed by atoms with van der Waals surface area (Å²) < 4.78 is 45.0. The second kappa shape index (κ2) is 9.41. The van der Waals surface area contributed by atoms with Gasteiger partial charge in [0.05, 0.1) is 18.9 Å². The highest BCUT2D eigenvalue weighted by Crippen LogP contribution is 2.19. The van der Waals surface area contributed by atoms with E-state index >= 15 is 0 Å². The topological polar surface area (TPSA) is 91.4 Å². The van der Waals surface area contributed by atoms with E-state index in [1.165, 1.54) is 0 Å². The first-order valence-electron chi connectivity index (χ1n) is 9.04. The first kappa shape index (κ1) is 20.6. The van der Waals surface area contributed by atoms with E-state index in [9.17, 15) is 18.0 Å². The number of hydrogen-bond donors (Lipinski definition) is 3. The maximum atomic E-state index is 13.6. The van der Waals surface area contributed by atoms with E-state index in [-0.39, 0.29) is 6.54 Å². The minimum Gasteiger partial charge on any atom is -0.378 e. The minimum atomic E-state index is -1.64. The SMILES string of the molecule is Cc1cc(N2CCOCC2)nc(NCCNC(=O)Nc2ccc(F)c(F)c2F)n1. The fourth-order valence-corrected chi connectivity index (χ4v) is 2.72. The van der Waals surface area contributed by atoms with Gasteiger partial charge < -0.3 is 25.6 Å². The smallest absolute Gasteiger partial charge is 0.319 e. The first-order chi connectivity index (χ1) is 13.9. The fraction of sp³-hybridized carbons (Fsp3) is 0.389. The molecule has 2 aromatic rings. The lowest BCUT2D eigenvalue weighted by atomic mass is 10.3. The standard InChI is InChI=1S/C18H21F3N6O2/c1-11-10-14(27-6-8-29-9-7-27)26-17(24-11)22-4-5-23-18(28)25-13-3-2-12(19)15(20)16(13)21/h2-3,10H,4-9H2,1H3,(H,22,24,26)(H2,23,25,28). The van der Waals surface area contributed by atoms with Crippen LogP contribution < -0.4 is 20.9 Å². The molecule has 1 aromatic carbocycles. The summed E-state index contributed by atoms with van der Waals surface area (Å²) in [5.74, 6) is -3.21. The quantitative estimate of drug-likeness (QED) is 0.500. The summed E-state index contributed by atoms with van der Waals surface area (Å²) in [6, 6.07) is 2.81. The van der Waals surface area contributed by atoms with Crippen molar-refractivity contribution in [3.63, 3.8) is 0 Å². The summed E-state index contributed by atoms with van der Waals surface area (Å²) in [5.41, 5.74) is 0.343. The van der Waals surface area contributed by atoms with Gasteiger partial charge in [-0.15, -0.1) is 0 Å². The third-order valence-electron chi connectivity index (χ3n) is 4.15. The Labute approximate surface area is 165 Å². The van der Waals surface area contributed by atoms with Gasteiger partial charge in [-0.05, 0) is 19.1 Å². The lowest BCUT2D eigenvalue weighted by Gasteiger charge is -2.28. The number of carbonyl (C=O) groups excluding carboxylic acids is 1. The number of hydrogen-bond acceptors (Lipinski definition) is 6. The van der Waals surface area contributed by atoms with Crippen molar-refractivity contribution in [3.8, 4) is 0 Å². The van der Waals surface area contributed by atoms with E-state index in [2.05, 4.69) is 30.8 Å². The number of urea groups is 1. The number of aromatic nitrogens is 2. The highest BCUT2D eigenvalue weighted by molar-refractivity contribution is 5.89. The highest BCUT2D eigenvalue weighted by Gasteiger charge is 2.16. The highest BCUT2D eigenvalue weighted by atomic mass is 19.2. The molecule has 2 heterocycles. The predicted molar refractivity (Wildman–Crippen MR) is 102 cm³/mol. The van der Waals surface area contributed by atoms with E-state index in [0.29, 0.717) is 25.7 Å². The van der Waals surface area contributed by atoms with Gasteiger partial charge in [0.2, 0.25) is 5.95 Å². The first-order valence-corrected chi connectivity index (χ1v) is 9.04. The van der Waals surface area contributed by atoms with Crippen molar-refractivity contribution in [3.05, 3.63) is 41.3 Å². The Morgan fingerprint density at radius 1 is 1.14 bits per heavy atom. The Bertz CT molecular complexity index is 877. The van der Waals surface area contributed by atoms with E-state index in [0.717, 1.165) is 36.7 Å². The molecule has 1 saturated heterocycles. The monoisotopic (exact) mass is 410 g/mol. The van der Waals surface area contributed by atoms with E-state index in [1.807, 2.05) is 13.0 Å². The van der Waals surface area contributed by atoms with Crippen molar-refractivity contribution in [2.24, 2.45) is 0 Å². The molecule has 0 bridgehead atoms. The van der Waals surface area contributed by atoms with Crippen molar-refractivity contribution < 1.29 is 22.7 Å². The summed E-state index contributed by atoms with van der Waals surface area (Å²) in [6.07, 6.45) is 0. The van der Waals surface area contributed by atoms with E-state index in [1.54, 1.807) is 0 Å². The van der Waals surface area contributed by atoms with Crippen LogP contribution in [0.3, 0.4) is 0 Å². The number of amides is 2. The zero-order chi connectivity index (χ0) is 20.8. The van der Waals surface area contributed by atoms with Gasteiger partial charge in [-0.3, -0.25) is 0 Å². The number of rotatable bonds is 6. The normalized spacial score (nSPS) is 13.9. The number of nitrogens with zero attached hydrogens (tertiary/aromatic N) is 3. The lowest BCUT2D eigenvalue weighted by molar-refractivity contribution is 0.122. The Balaban J connectivity index is 1.48. The molecule has 0 radical (unpaired) electrons. The van der Waals surface area contributed by atoms with Crippen molar-refractivity contribution in [1.29, 1.82) is 0 Å². The summed E-state index contributed by atoms with van der Waals surface area (Å²) >= 11 is 0. The van der Waals surface area contributed by atoms with Crippen molar-refractivity contribution >= 4 is 23.5 Å². The van der Waals surface area contributed by atoms with Gasteiger partial charge in [-0.2, -0.15) is 4.98 Å². The minimum absolute atomic E-state index is 0.168. The van der Waals surface area contributed by atoms with Gasteiger partial charge in [-0.1, -0.05) is 0 Å². The largest absolute Gasteiger partial charge is 0.378 e. The average molecular weight is 410 g/mol. The second-order valence-corrected chi connectivity index (χ2v) is 6.32. The van der Waals surface area contributed by atoms with Crippen LogP contribution in [0.25, 0.3) is 0 Å². The van der Waals surface area contributed by atoms with Crippen molar-refractivity contribution in [2.75, 3.05) is 54.9 Å². The maximum Gasteiger partial charge on any atom is 0.319 e. The number of ether oxygens (including phenoxy) is 1. The number of aryl methyl sites for hydroxylation is 1. The molecule has 3 rings (SSSR count). The van der Waals surface area contributed by atoms with Gasteiger partial charge >= 0.3 is 6.03 Å². The molecule has 0 saturated carbocycles. The summed E-state index contributed by atoms with van der Waals surface area (Å²) in [6.45, 7) is 5.11. The van der Waals surface area contributed by atoms with Crippen molar-refractivity contribution in [1.82, 2.24) is 15.3 Å². The molecule has 3 N–H and O–H groups in total. The molecule has 0 spiro atoms. The molecule has 156 valence electrons. The van der Waals surface area contributed by atoms with Crippen LogP contribution in [0.15, 0.2) is 18.2 Å². The predicted octanol–water partition coefficient (Wildman–Crippen LogP) is 2.27.